The molecule has 1 aromatic rings. The zero-order valence-corrected chi connectivity index (χ0v) is 23.8. The van der Waals surface area contributed by atoms with Gasteiger partial charge >= 0.3 is 5.97 Å². The van der Waals surface area contributed by atoms with Crippen molar-refractivity contribution in [3.05, 3.63) is 29.8 Å². The molecule has 3 aliphatic carbocycles. The smallest absolute Gasteiger partial charge is 0.339 e. The van der Waals surface area contributed by atoms with Gasteiger partial charge < -0.3 is 50.2 Å². The van der Waals surface area contributed by atoms with Crippen molar-refractivity contribution in [2.75, 3.05) is 11.9 Å². The SMILES string of the molecule is CC12CC34C=CC(=O)[C@@](C)(CCC(=O)Nc5c(OC6OC(CO)C(O)C(O)C6O)ccc(C(=O)O)c5O)C3C(CC1C4)O2. The number of hydrogen-bond donors (Lipinski definition) is 7. The predicted molar refractivity (Wildman–Crippen MR) is 146 cm³/mol. The fraction of sp³-hybridized carbons (Fsp3) is 0.633. The van der Waals surface area contributed by atoms with Gasteiger partial charge in [0.15, 0.2) is 11.5 Å². The van der Waals surface area contributed by atoms with Crippen LogP contribution in [0.5, 0.6) is 11.5 Å². The van der Waals surface area contributed by atoms with Crippen LogP contribution in [0.25, 0.3) is 0 Å². The summed E-state index contributed by atoms with van der Waals surface area (Å²) >= 11 is 0. The van der Waals surface area contributed by atoms with E-state index >= 15 is 0 Å². The molecule has 1 spiro atoms. The third kappa shape index (κ3) is 4.56. The molecule has 5 fully saturated rings. The van der Waals surface area contributed by atoms with Crippen molar-refractivity contribution in [2.24, 2.45) is 22.7 Å². The van der Waals surface area contributed by atoms with Crippen molar-refractivity contribution >= 4 is 23.3 Å². The second kappa shape index (κ2) is 10.2. The molecule has 0 radical (unpaired) electrons. The molecule has 7 rings (SSSR count). The molecule has 13 heteroatoms. The number of ketones is 1. The molecule has 7 N–H and O–H groups in total. The summed E-state index contributed by atoms with van der Waals surface area (Å²) in [7, 11) is 0. The van der Waals surface area contributed by atoms with E-state index in [1.807, 2.05) is 13.0 Å². The predicted octanol–water partition coefficient (Wildman–Crippen LogP) is 0.707. The number of allylic oxidation sites excluding steroid dienone is 2. The number of amides is 1. The van der Waals surface area contributed by atoms with Crippen molar-refractivity contribution in [3.63, 3.8) is 0 Å². The Hall–Kier alpha value is -3.07. The second-order valence-corrected chi connectivity index (χ2v) is 13.1. The molecule has 3 heterocycles. The number of carboxylic acid groups (broad SMARTS) is 1. The largest absolute Gasteiger partial charge is 0.505 e. The van der Waals surface area contributed by atoms with E-state index in [1.54, 1.807) is 6.08 Å². The lowest BCUT2D eigenvalue weighted by Crippen LogP contribution is -2.60. The van der Waals surface area contributed by atoms with Crippen LogP contribution in [0.3, 0.4) is 0 Å². The number of rotatable bonds is 8. The number of aliphatic hydroxyl groups is 4. The maximum Gasteiger partial charge on any atom is 0.339 e. The summed E-state index contributed by atoms with van der Waals surface area (Å²) in [4.78, 5) is 38.4. The number of phenols is 1. The number of carbonyl (C=O) groups excluding carboxylic acids is 2. The van der Waals surface area contributed by atoms with E-state index < -0.39 is 71.6 Å². The van der Waals surface area contributed by atoms with Gasteiger partial charge in [0.2, 0.25) is 12.2 Å². The first-order valence-corrected chi connectivity index (χ1v) is 14.5. The number of carboxylic acids is 1. The van der Waals surface area contributed by atoms with E-state index in [4.69, 9.17) is 14.2 Å². The van der Waals surface area contributed by atoms with Crippen LogP contribution in [0.4, 0.5) is 5.69 Å². The van der Waals surface area contributed by atoms with Gasteiger partial charge in [-0.05, 0) is 62.1 Å². The highest BCUT2D eigenvalue weighted by Crippen LogP contribution is 2.71. The van der Waals surface area contributed by atoms with Gasteiger partial charge in [0, 0.05) is 17.8 Å². The Labute approximate surface area is 247 Å². The quantitative estimate of drug-likeness (QED) is 0.205. The lowest BCUT2D eigenvalue weighted by Gasteiger charge is -2.55. The summed E-state index contributed by atoms with van der Waals surface area (Å²) in [6.45, 7) is 3.30. The van der Waals surface area contributed by atoms with Crippen LogP contribution in [0.15, 0.2) is 24.3 Å². The molecule has 11 atom stereocenters. The average molecular weight is 604 g/mol. The van der Waals surface area contributed by atoms with Gasteiger partial charge in [-0.15, -0.1) is 0 Å². The minimum Gasteiger partial charge on any atom is -0.505 e. The maximum atomic E-state index is 13.3. The molecule has 4 bridgehead atoms. The molecule has 2 saturated carbocycles. The third-order valence-electron chi connectivity index (χ3n) is 10.5. The molecule has 43 heavy (non-hydrogen) atoms. The number of hydrogen-bond acceptors (Lipinski definition) is 11. The Morgan fingerprint density at radius 1 is 1.14 bits per heavy atom. The highest BCUT2D eigenvalue weighted by Gasteiger charge is 2.71. The first-order chi connectivity index (χ1) is 20.2. The summed E-state index contributed by atoms with van der Waals surface area (Å²) in [6, 6.07) is 2.15. The number of aliphatic hydroxyl groups excluding tert-OH is 4. The van der Waals surface area contributed by atoms with Crippen LogP contribution in [0.1, 0.15) is 56.3 Å². The Balaban J connectivity index is 1.22. The first-order valence-electron chi connectivity index (χ1n) is 14.5. The number of carbonyl (C=O) groups is 3. The van der Waals surface area contributed by atoms with Crippen LogP contribution < -0.4 is 10.1 Å². The summed E-state index contributed by atoms with van der Waals surface area (Å²) in [5, 5.41) is 62.9. The van der Waals surface area contributed by atoms with Crippen LogP contribution in [0.2, 0.25) is 0 Å². The minimum absolute atomic E-state index is 0.0826. The molecule has 234 valence electrons. The normalized spacial score (nSPS) is 42.6. The summed E-state index contributed by atoms with van der Waals surface area (Å²) in [5.74, 6) is -2.97. The van der Waals surface area contributed by atoms with Gasteiger partial charge in [0.25, 0.3) is 0 Å². The van der Waals surface area contributed by atoms with Crippen molar-refractivity contribution in [3.8, 4) is 11.5 Å². The Morgan fingerprint density at radius 2 is 1.88 bits per heavy atom. The Bertz CT molecular complexity index is 1380. The van der Waals surface area contributed by atoms with Gasteiger partial charge in [0.1, 0.15) is 41.4 Å². The number of ether oxygens (including phenoxy) is 3. The molecule has 1 amide bonds. The van der Waals surface area contributed by atoms with Crippen molar-refractivity contribution < 1.29 is 59.2 Å². The van der Waals surface area contributed by atoms with Crippen molar-refractivity contribution in [1.29, 1.82) is 0 Å². The van der Waals surface area contributed by atoms with E-state index in [9.17, 15) is 45.0 Å². The minimum atomic E-state index is -1.79. The fourth-order valence-corrected chi connectivity index (χ4v) is 8.47. The highest BCUT2D eigenvalue weighted by atomic mass is 16.7. The molecule has 10 unspecified atom stereocenters. The van der Waals surface area contributed by atoms with Crippen molar-refractivity contribution in [2.45, 2.75) is 88.4 Å². The summed E-state index contributed by atoms with van der Waals surface area (Å²) in [6.07, 6.45) is -1.86. The molecule has 1 aromatic carbocycles. The van der Waals surface area contributed by atoms with E-state index in [2.05, 4.69) is 12.2 Å². The van der Waals surface area contributed by atoms with E-state index in [0.717, 1.165) is 31.4 Å². The third-order valence-corrected chi connectivity index (χ3v) is 10.5. The summed E-state index contributed by atoms with van der Waals surface area (Å²) < 4.78 is 17.4. The standard InChI is InChI=1S/C30H37NO12/c1-28(18(33)5-8-30-10-13-9-16(25(28)30)43-29(13,2)12-30)7-6-19(34)31-20-15(4-3-14(21(20)35)26(39)40)41-27-24(38)23(37)22(36)17(11-32)42-27/h3-5,8,13,16-17,22-25,27,32,35-38H,6-7,9-12H2,1-2H3,(H,31,34)(H,39,40)/t13?,16?,17?,22?,23?,24?,25?,27?,28-,29?,30?/m1/s1. The van der Waals surface area contributed by atoms with Gasteiger partial charge in [-0.25, -0.2) is 4.79 Å². The lowest BCUT2D eigenvalue weighted by atomic mass is 9.51. The Morgan fingerprint density at radius 3 is 2.56 bits per heavy atom. The van der Waals surface area contributed by atoms with Crippen LogP contribution >= 0.6 is 0 Å². The van der Waals surface area contributed by atoms with Gasteiger partial charge in [-0.3, -0.25) is 9.59 Å². The topological polar surface area (TPSA) is 212 Å². The number of aromatic carboxylic acids is 1. The zero-order chi connectivity index (χ0) is 31.1. The highest BCUT2D eigenvalue weighted by molar-refractivity contribution is 6.00. The molecule has 0 aromatic heterocycles. The van der Waals surface area contributed by atoms with Crippen LogP contribution in [-0.4, -0.2) is 97.3 Å². The maximum absolute atomic E-state index is 13.3. The van der Waals surface area contributed by atoms with E-state index in [-0.39, 0.29) is 47.4 Å². The molecular formula is C30H37NO12. The fourth-order valence-electron chi connectivity index (χ4n) is 8.47. The van der Waals surface area contributed by atoms with Gasteiger partial charge in [-0.2, -0.15) is 0 Å². The molecule has 3 saturated heterocycles. The number of nitrogens with one attached hydrogen (secondary N) is 1. The summed E-state index contributed by atoms with van der Waals surface area (Å²) in [5.41, 5.74) is -2.21. The monoisotopic (exact) mass is 603 g/mol. The second-order valence-electron chi connectivity index (χ2n) is 13.1. The van der Waals surface area contributed by atoms with Crippen molar-refractivity contribution in [1.82, 2.24) is 0 Å². The lowest BCUT2D eigenvalue weighted by molar-refractivity contribution is -0.277. The first kappa shape index (κ1) is 30.0. The van der Waals surface area contributed by atoms with Crippen LogP contribution in [-0.2, 0) is 19.1 Å². The molecule has 13 nitrogen and oxygen atoms in total. The van der Waals surface area contributed by atoms with Gasteiger partial charge in [-0.1, -0.05) is 13.0 Å². The number of benzene rings is 1. The average Bonchev–Trinajstić information content (AvgIpc) is 3.32. The molecular weight excluding hydrogens is 566 g/mol. The molecule has 3 aliphatic heterocycles. The van der Waals surface area contributed by atoms with Crippen LogP contribution in [0, 0.1) is 22.7 Å². The Kier molecular flexibility index (Phi) is 7.14. The number of aromatic hydroxyl groups is 1. The number of anilines is 1. The zero-order valence-electron chi connectivity index (χ0n) is 23.8. The van der Waals surface area contributed by atoms with E-state index in [0.29, 0.717) is 5.92 Å². The molecule has 6 aliphatic rings. The van der Waals surface area contributed by atoms with E-state index in [1.165, 1.54) is 0 Å². The van der Waals surface area contributed by atoms with Gasteiger partial charge in [0.05, 0.1) is 18.3 Å².